The number of benzene rings is 1. The van der Waals surface area contributed by atoms with Gasteiger partial charge in [-0.2, -0.15) is 0 Å². The van der Waals surface area contributed by atoms with Gasteiger partial charge in [-0.05, 0) is 66.5 Å². The Morgan fingerprint density at radius 3 is 2.85 bits per heavy atom. The Bertz CT molecular complexity index is 1180. The average Bonchev–Trinajstić information content (AvgIpc) is 3.36. The standard InChI is InChI=1S/C28H34N4O2/c1-17(2)27-24-9-7-21(28(33)30-14-23-8-5-18(3)13-29-23)12-22(24)16-32(27)15-20-6-10-25-26(11-20)34-19(4)31-25/h5,7-9,12-13,17,20,27H,6,10-11,14-16H2,1-4H3,(H,30,33). The Morgan fingerprint density at radius 2 is 2.09 bits per heavy atom. The topological polar surface area (TPSA) is 71.3 Å². The molecule has 5 rings (SSSR count). The summed E-state index contributed by atoms with van der Waals surface area (Å²) in [6.07, 6.45) is 4.95. The van der Waals surface area contributed by atoms with E-state index >= 15 is 0 Å². The summed E-state index contributed by atoms with van der Waals surface area (Å²) < 4.78 is 5.86. The molecular formula is C28H34N4O2. The van der Waals surface area contributed by atoms with Gasteiger partial charge < -0.3 is 9.73 Å². The molecule has 3 aromatic rings. The summed E-state index contributed by atoms with van der Waals surface area (Å²) in [7, 11) is 0. The minimum atomic E-state index is -0.0507. The van der Waals surface area contributed by atoms with E-state index in [0.717, 1.165) is 66.5 Å². The molecule has 6 heteroatoms. The molecule has 0 radical (unpaired) electrons. The predicted octanol–water partition coefficient (Wildman–Crippen LogP) is 4.93. The van der Waals surface area contributed by atoms with E-state index in [4.69, 9.17) is 4.42 Å². The smallest absolute Gasteiger partial charge is 0.251 e. The molecule has 178 valence electrons. The second-order valence-corrected chi connectivity index (χ2v) is 10.3. The van der Waals surface area contributed by atoms with Crippen LogP contribution in [0.1, 0.15) is 76.4 Å². The van der Waals surface area contributed by atoms with Gasteiger partial charge in [0.05, 0.1) is 17.9 Å². The Morgan fingerprint density at radius 1 is 1.24 bits per heavy atom. The lowest BCUT2D eigenvalue weighted by Crippen LogP contribution is -2.33. The molecule has 2 atom stereocenters. The van der Waals surface area contributed by atoms with Gasteiger partial charge >= 0.3 is 0 Å². The number of oxazole rings is 1. The van der Waals surface area contributed by atoms with Gasteiger partial charge in [0, 0.05) is 44.2 Å². The van der Waals surface area contributed by atoms with Crippen LogP contribution in [0.5, 0.6) is 0 Å². The molecule has 1 N–H and O–H groups in total. The van der Waals surface area contributed by atoms with Crippen LogP contribution in [0.3, 0.4) is 0 Å². The molecule has 0 saturated heterocycles. The van der Waals surface area contributed by atoms with E-state index in [1.54, 1.807) is 0 Å². The number of aromatic nitrogens is 2. The summed E-state index contributed by atoms with van der Waals surface area (Å²) >= 11 is 0. The number of amides is 1. The molecule has 0 saturated carbocycles. The molecule has 34 heavy (non-hydrogen) atoms. The largest absolute Gasteiger partial charge is 0.446 e. The number of fused-ring (bicyclic) bond motifs is 2. The second-order valence-electron chi connectivity index (χ2n) is 10.3. The second kappa shape index (κ2) is 9.34. The molecule has 2 unspecified atom stereocenters. The highest BCUT2D eigenvalue weighted by Crippen LogP contribution is 2.40. The lowest BCUT2D eigenvalue weighted by Gasteiger charge is -2.32. The first-order chi connectivity index (χ1) is 16.4. The SMILES string of the molecule is Cc1ccc(CNC(=O)c2ccc3c(c2)CN(CC2CCc4nc(C)oc4C2)C3C(C)C)nc1. The van der Waals surface area contributed by atoms with Gasteiger partial charge in [-0.1, -0.05) is 26.0 Å². The quantitative estimate of drug-likeness (QED) is 0.567. The third-order valence-corrected chi connectivity index (χ3v) is 7.17. The predicted molar refractivity (Wildman–Crippen MR) is 131 cm³/mol. The zero-order valence-electron chi connectivity index (χ0n) is 20.6. The van der Waals surface area contributed by atoms with Crippen LogP contribution in [0.2, 0.25) is 0 Å². The maximum atomic E-state index is 12.8. The zero-order valence-corrected chi connectivity index (χ0v) is 20.6. The Hall–Kier alpha value is -2.99. The highest BCUT2D eigenvalue weighted by Gasteiger charge is 2.35. The van der Waals surface area contributed by atoms with Crippen LogP contribution < -0.4 is 5.32 Å². The molecule has 0 bridgehead atoms. The maximum absolute atomic E-state index is 12.8. The van der Waals surface area contributed by atoms with Gasteiger partial charge in [0.1, 0.15) is 5.76 Å². The van der Waals surface area contributed by atoms with E-state index < -0.39 is 0 Å². The number of nitrogens with zero attached hydrogens (tertiary/aromatic N) is 3. The third kappa shape index (κ3) is 4.64. The highest BCUT2D eigenvalue weighted by molar-refractivity contribution is 5.94. The Kier molecular flexibility index (Phi) is 6.26. The van der Waals surface area contributed by atoms with E-state index in [1.165, 1.54) is 11.1 Å². The van der Waals surface area contributed by atoms with Crippen molar-refractivity contribution in [2.24, 2.45) is 11.8 Å². The molecule has 3 heterocycles. The normalized spacial score (nSPS) is 19.8. The van der Waals surface area contributed by atoms with Crippen molar-refractivity contribution in [2.45, 2.75) is 66.1 Å². The van der Waals surface area contributed by atoms with Crippen LogP contribution in [0.4, 0.5) is 0 Å². The summed E-state index contributed by atoms with van der Waals surface area (Å²) in [5, 5.41) is 3.02. The van der Waals surface area contributed by atoms with E-state index in [1.807, 2.05) is 38.2 Å². The number of carbonyl (C=O) groups excluding carboxylic acids is 1. The van der Waals surface area contributed by atoms with Gasteiger partial charge in [0.15, 0.2) is 5.89 Å². The Labute approximate surface area is 201 Å². The molecule has 0 fully saturated rings. The number of carbonyl (C=O) groups is 1. The van der Waals surface area contributed by atoms with Crippen LogP contribution in [-0.2, 0) is 25.9 Å². The average molecular weight is 459 g/mol. The minimum Gasteiger partial charge on any atom is -0.446 e. The molecule has 0 spiro atoms. The first-order valence-electron chi connectivity index (χ1n) is 12.4. The molecular weight excluding hydrogens is 424 g/mol. The number of nitrogens with one attached hydrogen (secondary N) is 1. The number of pyridine rings is 1. The van der Waals surface area contributed by atoms with Crippen LogP contribution in [0.15, 0.2) is 40.9 Å². The number of aryl methyl sites for hydroxylation is 3. The van der Waals surface area contributed by atoms with Crippen LogP contribution >= 0.6 is 0 Å². The zero-order chi connectivity index (χ0) is 23.8. The minimum absolute atomic E-state index is 0.0507. The fraction of sp³-hybridized carbons (Fsp3) is 0.464. The van der Waals surface area contributed by atoms with Crippen LogP contribution in [0.25, 0.3) is 0 Å². The van der Waals surface area contributed by atoms with Crippen molar-refractivity contribution in [2.75, 3.05) is 6.54 Å². The summed E-state index contributed by atoms with van der Waals surface area (Å²) in [5.41, 5.74) is 6.47. The maximum Gasteiger partial charge on any atom is 0.251 e. The first kappa shape index (κ1) is 22.8. The van der Waals surface area contributed by atoms with E-state index in [2.05, 4.69) is 46.2 Å². The van der Waals surface area contributed by atoms with Gasteiger partial charge in [-0.25, -0.2) is 4.98 Å². The fourth-order valence-electron chi connectivity index (χ4n) is 5.58. The molecule has 1 aliphatic carbocycles. The summed E-state index contributed by atoms with van der Waals surface area (Å²) in [6, 6.07) is 10.6. The van der Waals surface area contributed by atoms with Gasteiger partial charge in [-0.15, -0.1) is 0 Å². The lowest BCUT2D eigenvalue weighted by molar-refractivity contribution is 0.0950. The van der Waals surface area contributed by atoms with Crippen molar-refractivity contribution in [3.8, 4) is 0 Å². The summed E-state index contributed by atoms with van der Waals surface area (Å²) in [6.45, 7) is 10.9. The van der Waals surface area contributed by atoms with Crippen molar-refractivity contribution in [3.63, 3.8) is 0 Å². The van der Waals surface area contributed by atoms with Crippen LogP contribution in [-0.4, -0.2) is 27.3 Å². The van der Waals surface area contributed by atoms with E-state index in [0.29, 0.717) is 24.4 Å². The van der Waals surface area contributed by atoms with Crippen molar-refractivity contribution < 1.29 is 9.21 Å². The molecule has 6 nitrogen and oxygen atoms in total. The molecule has 1 aromatic carbocycles. The molecule has 1 aliphatic heterocycles. The lowest BCUT2D eigenvalue weighted by atomic mass is 9.89. The number of hydrogen-bond acceptors (Lipinski definition) is 5. The third-order valence-electron chi connectivity index (χ3n) is 7.17. The monoisotopic (exact) mass is 458 g/mol. The Balaban J connectivity index is 1.27. The molecule has 2 aliphatic rings. The number of rotatable bonds is 6. The van der Waals surface area contributed by atoms with Gasteiger partial charge in [0.25, 0.3) is 5.91 Å². The molecule has 2 aromatic heterocycles. The van der Waals surface area contributed by atoms with E-state index in [9.17, 15) is 4.79 Å². The summed E-state index contributed by atoms with van der Waals surface area (Å²) in [4.78, 5) is 24.4. The van der Waals surface area contributed by atoms with Crippen molar-refractivity contribution in [1.29, 1.82) is 0 Å². The van der Waals surface area contributed by atoms with Crippen LogP contribution in [0, 0.1) is 25.7 Å². The van der Waals surface area contributed by atoms with Crippen molar-refractivity contribution >= 4 is 5.91 Å². The first-order valence-corrected chi connectivity index (χ1v) is 12.4. The highest BCUT2D eigenvalue weighted by atomic mass is 16.4. The number of hydrogen-bond donors (Lipinski definition) is 1. The van der Waals surface area contributed by atoms with Gasteiger partial charge in [-0.3, -0.25) is 14.7 Å². The van der Waals surface area contributed by atoms with Crippen molar-refractivity contribution in [3.05, 3.63) is 81.8 Å². The fourth-order valence-corrected chi connectivity index (χ4v) is 5.58. The van der Waals surface area contributed by atoms with Gasteiger partial charge in [0.2, 0.25) is 0 Å². The summed E-state index contributed by atoms with van der Waals surface area (Å²) in [5.74, 6) is 2.88. The molecule has 1 amide bonds. The van der Waals surface area contributed by atoms with E-state index in [-0.39, 0.29) is 5.91 Å². The van der Waals surface area contributed by atoms with Crippen molar-refractivity contribution in [1.82, 2.24) is 20.2 Å².